The highest BCUT2D eigenvalue weighted by Crippen LogP contribution is 2.38. The number of thiazole rings is 1. The van der Waals surface area contributed by atoms with Gasteiger partial charge < -0.3 is 15.0 Å². The number of hydrogen-bond donors (Lipinski definition) is 1. The first-order chi connectivity index (χ1) is 14.5. The van der Waals surface area contributed by atoms with Gasteiger partial charge in [0, 0.05) is 31.6 Å². The van der Waals surface area contributed by atoms with E-state index in [0.717, 1.165) is 22.3 Å². The molecule has 0 unspecified atom stereocenters. The standard InChI is InChI=1S/C20H20F3N5O2S/c1-11(2)30-14-5-6-24-16(8-14)17-10-31-19(26-17)27-18-15(20(21,22)23)7-13(9-25-18)28(4)12(3)29/h5-11H,1-4H3,(H,25,26,27). The predicted octanol–water partition coefficient (Wildman–Crippen LogP) is 5.13. The summed E-state index contributed by atoms with van der Waals surface area (Å²) >= 11 is 1.12. The molecule has 0 bridgehead atoms. The molecule has 0 aliphatic carbocycles. The highest BCUT2D eigenvalue weighted by Gasteiger charge is 2.35. The van der Waals surface area contributed by atoms with Gasteiger partial charge in [-0.05, 0) is 26.0 Å². The summed E-state index contributed by atoms with van der Waals surface area (Å²) in [6, 6.07) is 4.30. The van der Waals surface area contributed by atoms with E-state index < -0.39 is 23.5 Å². The van der Waals surface area contributed by atoms with Crippen molar-refractivity contribution < 1.29 is 22.7 Å². The Balaban J connectivity index is 1.89. The molecule has 0 aromatic carbocycles. The summed E-state index contributed by atoms with van der Waals surface area (Å²) in [6.07, 6.45) is -1.91. The number of rotatable bonds is 6. The summed E-state index contributed by atoms with van der Waals surface area (Å²) in [5, 5.41) is 4.52. The maximum atomic E-state index is 13.6. The Morgan fingerprint density at radius 1 is 1.23 bits per heavy atom. The maximum Gasteiger partial charge on any atom is 0.420 e. The average molecular weight is 451 g/mol. The first-order valence-corrected chi connectivity index (χ1v) is 10.1. The van der Waals surface area contributed by atoms with Gasteiger partial charge in [-0.15, -0.1) is 11.3 Å². The molecule has 0 aliphatic rings. The van der Waals surface area contributed by atoms with Crippen LogP contribution >= 0.6 is 11.3 Å². The molecule has 31 heavy (non-hydrogen) atoms. The van der Waals surface area contributed by atoms with E-state index in [9.17, 15) is 18.0 Å². The van der Waals surface area contributed by atoms with E-state index in [4.69, 9.17) is 4.74 Å². The predicted molar refractivity (Wildman–Crippen MR) is 113 cm³/mol. The van der Waals surface area contributed by atoms with Crippen LogP contribution < -0.4 is 15.0 Å². The zero-order valence-corrected chi connectivity index (χ0v) is 18.0. The molecule has 0 atom stereocenters. The zero-order chi connectivity index (χ0) is 22.8. The fourth-order valence-corrected chi connectivity index (χ4v) is 3.28. The normalized spacial score (nSPS) is 11.5. The van der Waals surface area contributed by atoms with Gasteiger partial charge in [0.1, 0.15) is 22.8 Å². The van der Waals surface area contributed by atoms with Crippen molar-refractivity contribution in [2.45, 2.75) is 33.1 Å². The van der Waals surface area contributed by atoms with Crippen molar-refractivity contribution in [2.24, 2.45) is 0 Å². The van der Waals surface area contributed by atoms with Crippen molar-refractivity contribution >= 4 is 33.9 Å². The lowest BCUT2D eigenvalue weighted by molar-refractivity contribution is -0.137. The van der Waals surface area contributed by atoms with Crippen molar-refractivity contribution in [3.8, 4) is 17.1 Å². The minimum atomic E-state index is -4.67. The third-order valence-corrected chi connectivity index (χ3v) is 4.89. The molecule has 3 aromatic heterocycles. The number of halogens is 3. The molecular weight excluding hydrogens is 431 g/mol. The number of nitrogens with zero attached hydrogens (tertiary/aromatic N) is 4. The number of aromatic nitrogens is 3. The number of carbonyl (C=O) groups excluding carboxylic acids is 1. The van der Waals surface area contributed by atoms with Gasteiger partial charge in [0.05, 0.1) is 23.7 Å². The summed E-state index contributed by atoms with van der Waals surface area (Å²) in [5.41, 5.74) is 0.0600. The summed E-state index contributed by atoms with van der Waals surface area (Å²) in [6.45, 7) is 5.05. The molecule has 164 valence electrons. The first kappa shape index (κ1) is 22.5. The van der Waals surface area contributed by atoms with Crippen molar-refractivity contribution in [3.63, 3.8) is 0 Å². The molecule has 11 heteroatoms. The van der Waals surface area contributed by atoms with Gasteiger partial charge in [-0.2, -0.15) is 13.2 Å². The molecule has 1 N–H and O–H groups in total. The SMILES string of the molecule is CC(=O)N(C)c1cnc(Nc2nc(-c3cc(OC(C)C)ccn3)cs2)c(C(F)(F)F)c1. The summed E-state index contributed by atoms with van der Waals surface area (Å²) in [7, 11) is 1.38. The number of nitrogens with one attached hydrogen (secondary N) is 1. The van der Waals surface area contributed by atoms with Crippen LogP contribution in [-0.4, -0.2) is 34.0 Å². The van der Waals surface area contributed by atoms with Gasteiger partial charge in [0.2, 0.25) is 5.91 Å². The zero-order valence-electron chi connectivity index (χ0n) is 17.2. The Morgan fingerprint density at radius 2 is 1.97 bits per heavy atom. The van der Waals surface area contributed by atoms with E-state index in [1.807, 2.05) is 13.8 Å². The monoisotopic (exact) mass is 451 g/mol. The largest absolute Gasteiger partial charge is 0.491 e. The number of pyridine rings is 2. The van der Waals surface area contributed by atoms with Crippen LogP contribution in [0.3, 0.4) is 0 Å². The average Bonchev–Trinajstić information content (AvgIpc) is 3.15. The van der Waals surface area contributed by atoms with Crippen LogP contribution in [0.15, 0.2) is 36.0 Å². The van der Waals surface area contributed by atoms with Crippen LogP contribution in [0, 0.1) is 0 Å². The molecule has 0 radical (unpaired) electrons. The van der Waals surface area contributed by atoms with Crippen LogP contribution in [0.2, 0.25) is 0 Å². The lowest BCUT2D eigenvalue weighted by Crippen LogP contribution is -2.24. The van der Waals surface area contributed by atoms with E-state index in [1.165, 1.54) is 20.2 Å². The maximum absolute atomic E-state index is 13.6. The molecule has 1 amide bonds. The smallest absolute Gasteiger partial charge is 0.420 e. The summed E-state index contributed by atoms with van der Waals surface area (Å²) in [4.78, 5) is 25.0. The second-order valence-corrected chi connectivity index (χ2v) is 7.73. The van der Waals surface area contributed by atoms with Gasteiger partial charge in [0.25, 0.3) is 0 Å². The van der Waals surface area contributed by atoms with E-state index in [-0.39, 0.29) is 16.9 Å². The second kappa shape index (κ2) is 8.88. The minimum Gasteiger partial charge on any atom is -0.491 e. The van der Waals surface area contributed by atoms with Crippen molar-refractivity contribution in [1.82, 2.24) is 15.0 Å². The molecule has 0 saturated heterocycles. The molecule has 3 heterocycles. The van der Waals surface area contributed by atoms with E-state index in [0.29, 0.717) is 17.1 Å². The third kappa shape index (κ3) is 5.48. The molecule has 0 aliphatic heterocycles. The highest BCUT2D eigenvalue weighted by molar-refractivity contribution is 7.14. The van der Waals surface area contributed by atoms with Gasteiger partial charge in [-0.25, -0.2) is 9.97 Å². The van der Waals surface area contributed by atoms with Crippen molar-refractivity contribution in [3.05, 3.63) is 41.5 Å². The Morgan fingerprint density at radius 3 is 2.61 bits per heavy atom. The number of ether oxygens (including phenoxy) is 1. The Bertz CT molecular complexity index is 1080. The molecule has 0 fully saturated rings. The molecule has 0 saturated carbocycles. The Labute approximate surface area is 180 Å². The molecular formula is C20H20F3N5O2S. The number of anilines is 3. The minimum absolute atomic E-state index is 0.0141. The highest BCUT2D eigenvalue weighted by atomic mass is 32.1. The molecule has 7 nitrogen and oxygen atoms in total. The van der Waals surface area contributed by atoms with E-state index in [1.54, 1.807) is 23.7 Å². The lowest BCUT2D eigenvalue weighted by atomic mass is 10.2. The van der Waals surface area contributed by atoms with Crippen LogP contribution in [-0.2, 0) is 11.0 Å². The van der Waals surface area contributed by atoms with Crippen LogP contribution in [0.25, 0.3) is 11.4 Å². The van der Waals surface area contributed by atoms with Crippen LogP contribution in [0.4, 0.5) is 29.8 Å². The number of alkyl halides is 3. The van der Waals surface area contributed by atoms with E-state index in [2.05, 4.69) is 20.3 Å². The first-order valence-electron chi connectivity index (χ1n) is 9.21. The molecule has 0 spiro atoms. The quantitative estimate of drug-likeness (QED) is 0.560. The topological polar surface area (TPSA) is 80.2 Å². The summed E-state index contributed by atoms with van der Waals surface area (Å²) in [5.74, 6) is -0.191. The molecule has 3 aromatic rings. The lowest BCUT2D eigenvalue weighted by Gasteiger charge is -2.18. The molecule has 3 rings (SSSR count). The van der Waals surface area contributed by atoms with Gasteiger partial charge in [0.15, 0.2) is 5.13 Å². The van der Waals surface area contributed by atoms with Gasteiger partial charge >= 0.3 is 6.18 Å². The Kier molecular flexibility index (Phi) is 6.44. The van der Waals surface area contributed by atoms with Crippen molar-refractivity contribution in [1.29, 1.82) is 0 Å². The van der Waals surface area contributed by atoms with Crippen molar-refractivity contribution in [2.75, 3.05) is 17.3 Å². The van der Waals surface area contributed by atoms with Crippen LogP contribution in [0.1, 0.15) is 26.3 Å². The Hall–Kier alpha value is -3.21. The van der Waals surface area contributed by atoms with Gasteiger partial charge in [-0.3, -0.25) is 9.78 Å². The van der Waals surface area contributed by atoms with Gasteiger partial charge in [-0.1, -0.05) is 0 Å². The van der Waals surface area contributed by atoms with Crippen LogP contribution in [0.5, 0.6) is 5.75 Å². The fraction of sp³-hybridized carbons (Fsp3) is 0.300. The number of amides is 1. The summed E-state index contributed by atoms with van der Waals surface area (Å²) < 4.78 is 46.4. The third-order valence-electron chi connectivity index (χ3n) is 4.13. The number of hydrogen-bond acceptors (Lipinski definition) is 7. The second-order valence-electron chi connectivity index (χ2n) is 6.87. The number of carbonyl (C=O) groups is 1. The fourth-order valence-electron chi connectivity index (χ4n) is 2.58. The van der Waals surface area contributed by atoms with E-state index >= 15 is 0 Å².